The molecule has 0 aromatic heterocycles. The van der Waals surface area contributed by atoms with Crippen molar-refractivity contribution in [1.29, 1.82) is 0 Å². The molecule has 2 nitrogen and oxygen atoms in total. The summed E-state index contributed by atoms with van der Waals surface area (Å²) in [5.41, 5.74) is 0. The summed E-state index contributed by atoms with van der Waals surface area (Å²) in [6.07, 6.45) is 0.0278. The molecule has 0 aromatic rings. The molecule has 0 saturated heterocycles. The van der Waals surface area contributed by atoms with Gasteiger partial charge in [0.15, 0.2) is 0 Å². The maximum Gasteiger partial charge on any atom is 0.110 e. The van der Waals surface area contributed by atoms with Crippen LogP contribution in [0, 0.1) is 6.92 Å². The molecule has 0 aliphatic rings. The standard InChI is InChI=1S/C8H18NO/c1-5-9(6-2)8(4)10-7-3/h8H,4-7H2,1-3H3. The van der Waals surface area contributed by atoms with Crippen molar-refractivity contribution >= 4 is 0 Å². The van der Waals surface area contributed by atoms with Crippen molar-refractivity contribution < 1.29 is 4.74 Å². The van der Waals surface area contributed by atoms with E-state index in [1.807, 2.05) is 6.92 Å². The highest BCUT2D eigenvalue weighted by Crippen LogP contribution is 1.98. The molecule has 0 N–H and O–H groups in total. The van der Waals surface area contributed by atoms with Crippen molar-refractivity contribution in [3.63, 3.8) is 0 Å². The molecular formula is C8H18NO. The van der Waals surface area contributed by atoms with Crippen LogP contribution >= 0.6 is 0 Å². The first-order valence-electron chi connectivity index (χ1n) is 3.94. The van der Waals surface area contributed by atoms with Crippen LogP contribution in [0.4, 0.5) is 0 Å². The maximum atomic E-state index is 5.30. The second-order valence-electron chi connectivity index (χ2n) is 2.13. The van der Waals surface area contributed by atoms with E-state index < -0.39 is 0 Å². The van der Waals surface area contributed by atoms with E-state index in [9.17, 15) is 0 Å². The van der Waals surface area contributed by atoms with E-state index in [0.29, 0.717) is 0 Å². The van der Waals surface area contributed by atoms with Crippen LogP contribution in [0.15, 0.2) is 0 Å². The smallest absolute Gasteiger partial charge is 0.110 e. The molecule has 0 saturated carbocycles. The Morgan fingerprint density at radius 2 is 1.80 bits per heavy atom. The Kier molecular flexibility index (Phi) is 5.64. The lowest BCUT2D eigenvalue weighted by Gasteiger charge is -2.25. The average Bonchev–Trinajstić information content (AvgIpc) is 1.91. The van der Waals surface area contributed by atoms with E-state index in [4.69, 9.17) is 4.74 Å². The molecule has 1 radical (unpaired) electrons. The zero-order valence-corrected chi connectivity index (χ0v) is 7.26. The van der Waals surface area contributed by atoms with Gasteiger partial charge in [-0.1, -0.05) is 13.8 Å². The highest BCUT2D eigenvalue weighted by Gasteiger charge is 2.07. The van der Waals surface area contributed by atoms with Crippen LogP contribution in [0.3, 0.4) is 0 Å². The number of hydrogen-bond acceptors (Lipinski definition) is 2. The summed E-state index contributed by atoms with van der Waals surface area (Å²) >= 11 is 0. The van der Waals surface area contributed by atoms with Gasteiger partial charge in [0.05, 0.1) is 0 Å². The predicted octanol–water partition coefficient (Wildman–Crippen LogP) is 1.52. The Labute approximate surface area is 64.2 Å². The lowest BCUT2D eigenvalue weighted by atomic mass is 10.4. The van der Waals surface area contributed by atoms with E-state index >= 15 is 0 Å². The van der Waals surface area contributed by atoms with Crippen LogP contribution in [-0.4, -0.2) is 30.8 Å². The summed E-state index contributed by atoms with van der Waals surface area (Å²) in [5.74, 6) is 0. The summed E-state index contributed by atoms with van der Waals surface area (Å²) in [6, 6.07) is 0. The van der Waals surface area contributed by atoms with Gasteiger partial charge < -0.3 is 4.74 Å². The van der Waals surface area contributed by atoms with Gasteiger partial charge in [-0.05, 0) is 26.9 Å². The molecule has 0 spiro atoms. The van der Waals surface area contributed by atoms with Crippen LogP contribution in [0.2, 0.25) is 0 Å². The zero-order chi connectivity index (χ0) is 7.98. The van der Waals surface area contributed by atoms with Gasteiger partial charge in [-0.15, -0.1) is 0 Å². The van der Waals surface area contributed by atoms with Crippen LogP contribution in [-0.2, 0) is 4.74 Å². The van der Waals surface area contributed by atoms with E-state index in [1.165, 1.54) is 0 Å². The fourth-order valence-corrected chi connectivity index (χ4v) is 0.929. The minimum atomic E-state index is 0.0278. The fraction of sp³-hybridized carbons (Fsp3) is 0.875. The van der Waals surface area contributed by atoms with Gasteiger partial charge in [0, 0.05) is 6.61 Å². The maximum absolute atomic E-state index is 5.30. The van der Waals surface area contributed by atoms with Gasteiger partial charge in [0.1, 0.15) is 6.23 Å². The van der Waals surface area contributed by atoms with E-state index in [-0.39, 0.29) is 6.23 Å². The molecule has 10 heavy (non-hydrogen) atoms. The molecule has 0 aliphatic heterocycles. The molecular weight excluding hydrogens is 126 g/mol. The lowest BCUT2D eigenvalue weighted by molar-refractivity contribution is -0.0189. The minimum Gasteiger partial charge on any atom is -0.363 e. The third-order valence-corrected chi connectivity index (χ3v) is 1.58. The SMILES string of the molecule is [CH2]C(OCC)N(CC)CC. The van der Waals surface area contributed by atoms with E-state index in [2.05, 4.69) is 25.7 Å². The largest absolute Gasteiger partial charge is 0.363 e. The first-order valence-corrected chi connectivity index (χ1v) is 3.94. The molecule has 1 atom stereocenters. The van der Waals surface area contributed by atoms with E-state index in [1.54, 1.807) is 0 Å². The number of hydrogen-bond donors (Lipinski definition) is 0. The molecule has 0 heterocycles. The van der Waals surface area contributed by atoms with Crippen LogP contribution in [0.5, 0.6) is 0 Å². The lowest BCUT2D eigenvalue weighted by Crippen LogP contribution is -2.34. The molecule has 0 bridgehead atoms. The predicted molar refractivity (Wildman–Crippen MR) is 43.7 cm³/mol. The van der Waals surface area contributed by atoms with Gasteiger partial charge in [0.2, 0.25) is 0 Å². The Hall–Kier alpha value is -0.0800. The van der Waals surface area contributed by atoms with Gasteiger partial charge in [-0.25, -0.2) is 0 Å². The summed E-state index contributed by atoms with van der Waals surface area (Å²) < 4.78 is 5.30. The van der Waals surface area contributed by atoms with Gasteiger partial charge in [-0.2, -0.15) is 0 Å². The Morgan fingerprint density at radius 3 is 2.10 bits per heavy atom. The first-order chi connectivity index (χ1) is 4.76. The Balaban J connectivity index is 3.53. The van der Waals surface area contributed by atoms with Crippen molar-refractivity contribution in [2.24, 2.45) is 0 Å². The topological polar surface area (TPSA) is 12.5 Å². The second kappa shape index (κ2) is 5.69. The van der Waals surface area contributed by atoms with Crippen molar-refractivity contribution in [2.75, 3.05) is 19.7 Å². The highest BCUT2D eigenvalue weighted by atomic mass is 16.5. The molecule has 0 aromatic carbocycles. The van der Waals surface area contributed by atoms with Gasteiger partial charge in [-0.3, -0.25) is 4.90 Å². The molecule has 0 amide bonds. The third-order valence-electron chi connectivity index (χ3n) is 1.58. The third kappa shape index (κ3) is 3.18. The molecule has 1 unspecified atom stereocenters. The van der Waals surface area contributed by atoms with Crippen molar-refractivity contribution in [3.8, 4) is 0 Å². The van der Waals surface area contributed by atoms with Crippen LogP contribution < -0.4 is 0 Å². The van der Waals surface area contributed by atoms with E-state index in [0.717, 1.165) is 19.7 Å². The number of rotatable bonds is 5. The summed E-state index contributed by atoms with van der Waals surface area (Å²) in [4.78, 5) is 2.17. The molecule has 61 valence electrons. The van der Waals surface area contributed by atoms with Gasteiger partial charge in [0.25, 0.3) is 0 Å². The minimum absolute atomic E-state index is 0.0278. The monoisotopic (exact) mass is 144 g/mol. The van der Waals surface area contributed by atoms with Crippen LogP contribution in [0.1, 0.15) is 20.8 Å². The molecule has 0 fully saturated rings. The summed E-state index contributed by atoms with van der Waals surface area (Å²) in [6.45, 7) is 12.8. The van der Waals surface area contributed by atoms with Crippen molar-refractivity contribution in [3.05, 3.63) is 6.92 Å². The van der Waals surface area contributed by atoms with Gasteiger partial charge >= 0.3 is 0 Å². The first kappa shape index (κ1) is 9.92. The average molecular weight is 144 g/mol. The molecule has 0 rings (SSSR count). The zero-order valence-electron chi connectivity index (χ0n) is 7.26. The summed E-state index contributed by atoms with van der Waals surface area (Å²) in [5, 5.41) is 0. The van der Waals surface area contributed by atoms with Crippen LogP contribution in [0.25, 0.3) is 0 Å². The van der Waals surface area contributed by atoms with Crippen molar-refractivity contribution in [1.82, 2.24) is 4.90 Å². The highest BCUT2D eigenvalue weighted by molar-refractivity contribution is 4.60. The quantitative estimate of drug-likeness (QED) is 0.542. The normalized spacial score (nSPS) is 14.1. The number of ether oxygens (including phenoxy) is 1. The number of nitrogens with zero attached hydrogens (tertiary/aromatic N) is 1. The fourth-order valence-electron chi connectivity index (χ4n) is 0.929. The van der Waals surface area contributed by atoms with Crippen molar-refractivity contribution in [2.45, 2.75) is 27.0 Å². The molecule has 0 aliphatic carbocycles. The summed E-state index contributed by atoms with van der Waals surface area (Å²) in [7, 11) is 0. The Bertz CT molecular complexity index is 71.7. The second-order valence-corrected chi connectivity index (χ2v) is 2.13. The molecule has 2 heteroatoms. The Morgan fingerprint density at radius 1 is 1.30 bits per heavy atom.